The molecule has 8 aromatic carbocycles. The van der Waals surface area contributed by atoms with E-state index in [1.165, 1.54) is 93.8 Å². The summed E-state index contributed by atoms with van der Waals surface area (Å²) in [7, 11) is 0. The number of allylic oxidation sites excluding steroid dienone is 6. The molecule has 0 amide bonds. The van der Waals surface area contributed by atoms with E-state index < -0.39 is 0 Å². The molecule has 308 valence electrons. The lowest BCUT2D eigenvalue weighted by Crippen LogP contribution is -2.08. The predicted molar refractivity (Wildman–Crippen MR) is 274 cm³/mol. The number of rotatable bonds is 8. The summed E-state index contributed by atoms with van der Waals surface area (Å²) in [5.41, 5.74) is 34.3. The van der Waals surface area contributed by atoms with E-state index in [0.29, 0.717) is 0 Å². The highest BCUT2D eigenvalue weighted by atomic mass is 15.0. The summed E-state index contributed by atoms with van der Waals surface area (Å²) < 4.78 is 4.71. The molecule has 0 saturated carbocycles. The molecular weight excluding hydrogens is 777 g/mol. The Morgan fingerprint density at radius 1 is 0.406 bits per heavy atom. The third-order valence-corrected chi connectivity index (χ3v) is 13.1. The fourth-order valence-corrected chi connectivity index (χ4v) is 10.4. The van der Waals surface area contributed by atoms with Gasteiger partial charge in [-0.3, -0.25) is 0 Å². The minimum absolute atomic E-state index is 0.903. The third-order valence-electron chi connectivity index (χ3n) is 13.1. The van der Waals surface area contributed by atoms with Gasteiger partial charge in [-0.2, -0.15) is 0 Å². The van der Waals surface area contributed by atoms with Gasteiger partial charge in [0, 0.05) is 33.9 Å². The van der Waals surface area contributed by atoms with E-state index in [1.807, 2.05) is 6.92 Å². The number of fused-ring (bicyclic) bond motifs is 10. The molecule has 0 saturated heterocycles. The topological polar surface area (TPSA) is 61.9 Å². The lowest BCUT2D eigenvalue weighted by molar-refractivity contribution is 0.946. The summed E-state index contributed by atoms with van der Waals surface area (Å²) >= 11 is 0. The highest BCUT2D eigenvalue weighted by molar-refractivity contribution is 6.16. The average Bonchev–Trinajstić information content (AvgIpc) is 3.86. The van der Waals surface area contributed by atoms with E-state index in [9.17, 15) is 0 Å². The molecule has 2 aromatic heterocycles. The number of nitrogens with zero attached hydrogens (tertiary/aromatic N) is 2. The third kappa shape index (κ3) is 6.21. The van der Waals surface area contributed by atoms with Crippen molar-refractivity contribution in [1.82, 2.24) is 9.13 Å². The molecule has 1 aliphatic carbocycles. The second kappa shape index (κ2) is 16.0. The second-order valence-electron chi connectivity index (χ2n) is 16.7. The van der Waals surface area contributed by atoms with Crippen LogP contribution in [0.15, 0.2) is 207 Å². The Morgan fingerprint density at radius 2 is 0.891 bits per heavy atom. The molecule has 4 N–H and O–H groups in total. The number of nitrogens with two attached hydrogens (primary N) is 2. The first-order valence-electron chi connectivity index (χ1n) is 22.2. The van der Waals surface area contributed by atoms with Crippen molar-refractivity contribution in [1.29, 1.82) is 0 Å². The first-order chi connectivity index (χ1) is 31.6. The SMILES string of the molecule is C/C=C\C(=C/N)n1c2ccc(-c3ccccc3-c3ccccc3)cc2c2cc3c(cc21)-c1ccc2c4cc(-c5ccccc5-c5ccccc5)ccc4n(C(/C=C\C)=C/N)c2c1CC3. The van der Waals surface area contributed by atoms with Gasteiger partial charge in [0.15, 0.2) is 0 Å². The van der Waals surface area contributed by atoms with Gasteiger partial charge in [0.1, 0.15) is 0 Å². The molecule has 0 bridgehead atoms. The lowest BCUT2D eigenvalue weighted by atomic mass is 9.83. The minimum Gasteiger partial charge on any atom is -0.403 e. The van der Waals surface area contributed by atoms with Gasteiger partial charge in [0.2, 0.25) is 0 Å². The van der Waals surface area contributed by atoms with Gasteiger partial charge in [-0.25, -0.2) is 0 Å². The minimum atomic E-state index is 0.903. The van der Waals surface area contributed by atoms with E-state index in [2.05, 4.69) is 210 Å². The van der Waals surface area contributed by atoms with Gasteiger partial charge in [-0.05, 0) is 142 Å². The molecule has 10 aromatic rings. The maximum atomic E-state index is 6.50. The van der Waals surface area contributed by atoms with Gasteiger partial charge in [0.05, 0.1) is 33.5 Å². The maximum absolute atomic E-state index is 6.50. The molecule has 0 spiro atoms. The molecule has 0 atom stereocenters. The summed E-state index contributed by atoms with van der Waals surface area (Å²) in [6, 6.07) is 62.1. The van der Waals surface area contributed by atoms with Crippen molar-refractivity contribution < 1.29 is 0 Å². The highest BCUT2D eigenvalue weighted by Gasteiger charge is 2.26. The van der Waals surface area contributed by atoms with Crippen molar-refractivity contribution in [2.24, 2.45) is 11.5 Å². The van der Waals surface area contributed by atoms with Crippen molar-refractivity contribution in [3.05, 3.63) is 218 Å². The van der Waals surface area contributed by atoms with Crippen LogP contribution in [0.3, 0.4) is 0 Å². The monoisotopic (exact) mass is 824 g/mol. The summed E-state index contributed by atoms with van der Waals surface area (Å²) in [6.45, 7) is 4.09. The number of aryl methyl sites for hydroxylation is 2. The van der Waals surface area contributed by atoms with Crippen molar-refractivity contribution in [2.75, 3.05) is 0 Å². The van der Waals surface area contributed by atoms with Crippen LogP contribution in [0.4, 0.5) is 0 Å². The largest absolute Gasteiger partial charge is 0.403 e. The molecule has 64 heavy (non-hydrogen) atoms. The van der Waals surface area contributed by atoms with Crippen LogP contribution in [0, 0.1) is 0 Å². The molecule has 2 heterocycles. The first-order valence-corrected chi connectivity index (χ1v) is 22.2. The van der Waals surface area contributed by atoms with E-state index in [-0.39, 0.29) is 0 Å². The van der Waals surface area contributed by atoms with Gasteiger partial charge >= 0.3 is 0 Å². The molecule has 4 heteroatoms. The van der Waals surface area contributed by atoms with Crippen LogP contribution in [-0.4, -0.2) is 9.13 Å². The quantitative estimate of drug-likeness (QED) is 0.150. The molecule has 0 fully saturated rings. The van der Waals surface area contributed by atoms with Crippen LogP contribution in [-0.2, 0) is 12.8 Å². The lowest BCUT2D eigenvalue weighted by Gasteiger charge is -2.23. The number of hydrogen-bond donors (Lipinski definition) is 2. The number of aromatic nitrogens is 2. The van der Waals surface area contributed by atoms with E-state index in [0.717, 1.165) is 40.8 Å². The number of benzene rings is 8. The Morgan fingerprint density at radius 3 is 1.44 bits per heavy atom. The molecule has 11 rings (SSSR count). The average molecular weight is 825 g/mol. The van der Waals surface area contributed by atoms with Crippen LogP contribution in [0.1, 0.15) is 25.0 Å². The van der Waals surface area contributed by atoms with E-state index in [4.69, 9.17) is 11.5 Å². The zero-order valence-corrected chi connectivity index (χ0v) is 36.1. The van der Waals surface area contributed by atoms with Crippen molar-refractivity contribution in [3.8, 4) is 55.6 Å². The van der Waals surface area contributed by atoms with E-state index >= 15 is 0 Å². The first kappa shape index (κ1) is 38.8. The summed E-state index contributed by atoms with van der Waals surface area (Å²) in [6.07, 6.45) is 13.6. The Hall–Kier alpha value is -8.08. The van der Waals surface area contributed by atoms with Gasteiger partial charge in [-0.15, -0.1) is 0 Å². The summed E-state index contributed by atoms with van der Waals surface area (Å²) in [5.74, 6) is 0. The van der Waals surface area contributed by atoms with Crippen molar-refractivity contribution >= 4 is 55.0 Å². The Labute approximate surface area is 374 Å². The Kier molecular flexibility index (Phi) is 9.70. The summed E-state index contributed by atoms with van der Waals surface area (Å²) in [5, 5.41) is 4.86. The van der Waals surface area contributed by atoms with Gasteiger partial charge < -0.3 is 20.6 Å². The second-order valence-corrected chi connectivity index (χ2v) is 16.7. The highest BCUT2D eigenvalue weighted by Crippen LogP contribution is 2.47. The number of hydrogen-bond acceptors (Lipinski definition) is 2. The summed E-state index contributed by atoms with van der Waals surface area (Å²) in [4.78, 5) is 0. The Bertz CT molecular complexity index is 3480. The van der Waals surface area contributed by atoms with Crippen LogP contribution in [0.2, 0.25) is 0 Å². The Balaban J connectivity index is 1.13. The zero-order chi connectivity index (χ0) is 43.3. The standard InChI is InChI=1S/C60H48N4/c1-3-15-44(37-61)63-57-31-26-42(49-24-14-12-22-47(49)40-19-9-6-10-20-40)34-55(57)56-35-43-25-28-51-50(53(43)36-59(56)63)29-30-52-54-33-41(27-32-58(54)64(60(51)52)45(38-62)16-4-2)48-23-13-11-21-46(48)39-17-7-5-8-18-39/h3-24,26-27,29-38H,25,28,61-62H2,1-2H3/b15-3-,16-4-,44-37+,45-38+. The molecule has 0 radical (unpaired) electrons. The van der Waals surface area contributed by atoms with Crippen LogP contribution < -0.4 is 11.5 Å². The van der Waals surface area contributed by atoms with E-state index in [1.54, 1.807) is 12.4 Å². The maximum Gasteiger partial charge on any atom is 0.0613 e. The molecule has 0 aliphatic heterocycles. The van der Waals surface area contributed by atoms with Crippen LogP contribution >= 0.6 is 0 Å². The van der Waals surface area contributed by atoms with Crippen molar-refractivity contribution in [2.45, 2.75) is 26.7 Å². The zero-order valence-electron chi connectivity index (χ0n) is 36.1. The predicted octanol–water partition coefficient (Wildman–Crippen LogP) is 15.0. The van der Waals surface area contributed by atoms with Crippen molar-refractivity contribution in [3.63, 3.8) is 0 Å². The fourth-order valence-electron chi connectivity index (χ4n) is 10.4. The van der Waals surface area contributed by atoms with Gasteiger partial charge in [0.25, 0.3) is 0 Å². The molecule has 0 unspecified atom stereocenters. The smallest absolute Gasteiger partial charge is 0.0613 e. The molecule has 4 nitrogen and oxygen atoms in total. The molecular formula is C60H48N4. The van der Waals surface area contributed by atoms with Gasteiger partial charge in [-0.1, -0.05) is 146 Å². The fraction of sp³-hybridized carbons (Fsp3) is 0.0667. The van der Waals surface area contributed by atoms with Crippen LogP contribution in [0.5, 0.6) is 0 Å². The van der Waals surface area contributed by atoms with Crippen LogP contribution in [0.25, 0.3) is 111 Å². The molecule has 1 aliphatic rings. The normalized spacial score (nSPS) is 13.2.